The summed E-state index contributed by atoms with van der Waals surface area (Å²) in [7, 11) is 0. The fourth-order valence-corrected chi connectivity index (χ4v) is 2.45. The van der Waals surface area contributed by atoms with E-state index in [9.17, 15) is 4.79 Å². The number of carbonyl (C=O) groups is 1. The Morgan fingerprint density at radius 3 is 2.50 bits per heavy atom. The molecule has 0 aliphatic rings. The third-order valence-electron chi connectivity index (χ3n) is 4.05. The molecule has 0 aromatic heterocycles. The third kappa shape index (κ3) is 7.31. The molecule has 22 heavy (non-hydrogen) atoms. The lowest BCUT2D eigenvalue weighted by atomic mass is 10.2. The van der Waals surface area contributed by atoms with Gasteiger partial charge < -0.3 is 44.2 Å². The van der Waals surface area contributed by atoms with Crippen molar-refractivity contribution in [3.05, 3.63) is 29.8 Å². The van der Waals surface area contributed by atoms with Crippen LogP contribution in [0.1, 0.15) is 19.4 Å². The van der Waals surface area contributed by atoms with Crippen LogP contribution in [-0.4, -0.2) is 49.8 Å². The van der Waals surface area contributed by atoms with E-state index < -0.39 is 6.03 Å². The van der Waals surface area contributed by atoms with Crippen molar-refractivity contribution >= 4 is 6.03 Å². The molecule has 0 radical (unpaired) electrons. The summed E-state index contributed by atoms with van der Waals surface area (Å²) in [6.07, 6.45) is 0. The number of benzene rings is 1. The minimum Gasteiger partial charge on any atom is -1.00 e. The Bertz CT molecular complexity index is 451. The van der Waals surface area contributed by atoms with E-state index in [2.05, 4.69) is 32.2 Å². The van der Waals surface area contributed by atoms with Crippen molar-refractivity contribution in [1.82, 2.24) is 5.32 Å². The Hall–Kier alpha value is -1.02. The fourth-order valence-electron chi connectivity index (χ4n) is 2.45. The average Bonchev–Trinajstić information content (AvgIpc) is 2.45. The van der Waals surface area contributed by atoms with Crippen molar-refractivity contribution in [2.45, 2.75) is 20.8 Å². The number of carbonyl (C=O) groups excluding carboxylic acids is 1. The fraction of sp³-hybridized carbons (Fsp3) is 0.562. The van der Waals surface area contributed by atoms with E-state index in [1.54, 1.807) is 0 Å². The van der Waals surface area contributed by atoms with E-state index in [1.807, 2.05) is 18.2 Å². The van der Waals surface area contributed by atoms with Gasteiger partial charge in [0.1, 0.15) is 18.9 Å². The van der Waals surface area contributed by atoms with Crippen LogP contribution in [0.25, 0.3) is 0 Å². The lowest BCUT2D eigenvalue weighted by Crippen LogP contribution is -3.00. The van der Waals surface area contributed by atoms with Crippen LogP contribution in [0.3, 0.4) is 0 Å². The molecule has 0 heterocycles. The van der Waals surface area contributed by atoms with Crippen molar-refractivity contribution in [2.24, 2.45) is 5.73 Å². The molecule has 0 bridgehead atoms. The minimum absolute atomic E-state index is 0. The number of hydrogen-bond donors (Lipinski definition) is 2. The molecule has 1 rings (SSSR count). The lowest BCUT2D eigenvalue weighted by molar-refractivity contribution is -0.923. The number of ether oxygens (including phenoxy) is 1. The number of nitrogens with zero attached hydrogens (tertiary/aromatic N) is 1. The number of primary amides is 1. The molecule has 0 spiro atoms. The second-order valence-corrected chi connectivity index (χ2v) is 5.38. The normalized spacial score (nSPS) is 10.7. The zero-order valence-corrected chi connectivity index (χ0v) is 15.9. The van der Waals surface area contributed by atoms with Gasteiger partial charge in [-0.25, -0.2) is 4.79 Å². The molecule has 6 heteroatoms. The van der Waals surface area contributed by atoms with Gasteiger partial charge in [0.2, 0.25) is 0 Å². The maximum absolute atomic E-state index is 10.8. The molecule has 0 aliphatic carbocycles. The first kappa shape index (κ1) is 21.0. The molecule has 1 aromatic carbocycles. The summed E-state index contributed by atoms with van der Waals surface area (Å²) in [5.41, 5.74) is 6.31. The van der Waals surface area contributed by atoms with Crippen LogP contribution in [0.15, 0.2) is 24.3 Å². The van der Waals surface area contributed by atoms with Crippen LogP contribution in [0.5, 0.6) is 5.75 Å². The molecule has 0 atom stereocenters. The van der Waals surface area contributed by atoms with Gasteiger partial charge in [-0.1, -0.05) is 12.1 Å². The third-order valence-corrected chi connectivity index (χ3v) is 4.05. The number of nitrogens with two attached hydrogens (primary N) is 1. The molecular weight excluding hydrogens is 393 g/mol. The van der Waals surface area contributed by atoms with Gasteiger partial charge in [0.15, 0.2) is 0 Å². The largest absolute Gasteiger partial charge is 1.00 e. The van der Waals surface area contributed by atoms with Crippen LogP contribution < -0.4 is 39.8 Å². The summed E-state index contributed by atoms with van der Waals surface area (Å²) >= 11 is 0. The molecule has 3 N–H and O–H groups in total. The van der Waals surface area contributed by atoms with Crippen molar-refractivity contribution in [3.63, 3.8) is 0 Å². The number of quaternary nitrogens is 1. The standard InChI is InChI=1S/C16H27N3O2.HI/c1-4-19(5-2,10-9-18-16(17)20)11-12-21-15-8-6-7-14(3)13-15;/h6-8,13H,4-5,9-12H2,1-3H3,(H2-,17,18,20);1H. The maximum atomic E-state index is 10.8. The second-order valence-electron chi connectivity index (χ2n) is 5.38. The van der Waals surface area contributed by atoms with E-state index >= 15 is 0 Å². The van der Waals surface area contributed by atoms with Gasteiger partial charge in [-0.05, 0) is 38.5 Å². The number of urea groups is 1. The Kier molecular flexibility index (Phi) is 10.2. The van der Waals surface area contributed by atoms with E-state index in [1.165, 1.54) is 5.56 Å². The first-order valence-electron chi connectivity index (χ1n) is 7.59. The van der Waals surface area contributed by atoms with Crippen LogP contribution in [-0.2, 0) is 0 Å². The number of aryl methyl sites for hydroxylation is 1. The minimum atomic E-state index is -0.462. The number of halogens is 1. The van der Waals surface area contributed by atoms with Gasteiger partial charge >= 0.3 is 6.03 Å². The molecule has 0 aliphatic heterocycles. The van der Waals surface area contributed by atoms with Gasteiger partial charge in [-0.2, -0.15) is 0 Å². The highest BCUT2D eigenvalue weighted by atomic mass is 127. The van der Waals surface area contributed by atoms with Crippen molar-refractivity contribution in [3.8, 4) is 5.75 Å². The van der Waals surface area contributed by atoms with Crippen molar-refractivity contribution in [1.29, 1.82) is 0 Å². The lowest BCUT2D eigenvalue weighted by Gasteiger charge is -2.36. The number of nitrogens with one attached hydrogen (secondary N) is 1. The molecule has 126 valence electrons. The van der Waals surface area contributed by atoms with Gasteiger partial charge in [0, 0.05) is 0 Å². The predicted octanol–water partition coefficient (Wildman–Crippen LogP) is -1.10. The Labute approximate surface area is 150 Å². The van der Waals surface area contributed by atoms with Crippen LogP contribution >= 0.6 is 0 Å². The molecule has 0 unspecified atom stereocenters. The molecule has 5 nitrogen and oxygen atoms in total. The van der Waals surface area contributed by atoms with E-state index in [0.29, 0.717) is 13.2 Å². The first-order valence-corrected chi connectivity index (χ1v) is 7.59. The summed E-state index contributed by atoms with van der Waals surface area (Å²) in [5, 5.41) is 2.67. The number of rotatable bonds is 9. The zero-order valence-electron chi connectivity index (χ0n) is 13.8. The van der Waals surface area contributed by atoms with Crippen molar-refractivity contribution in [2.75, 3.05) is 39.3 Å². The number of hydrogen-bond acceptors (Lipinski definition) is 2. The Morgan fingerprint density at radius 1 is 1.27 bits per heavy atom. The Morgan fingerprint density at radius 2 is 1.95 bits per heavy atom. The summed E-state index contributed by atoms with van der Waals surface area (Å²) in [5.74, 6) is 0.913. The molecule has 0 fully saturated rings. The van der Waals surface area contributed by atoms with Crippen molar-refractivity contribution < 1.29 is 38.0 Å². The first-order chi connectivity index (χ1) is 10.0. The van der Waals surface area contributed by atoms with Gasteiger partial charge in [0.25, 0.3) is 0 Å². The van der Waals surface area contributed by atoms with Crippen LogP contribution in [0.4, 0.5) is 4.79 Å². The average molecular weight is 421 g/mol. The SMILES string of the molecule is CC[N+](CC)(CCNC(N)=O)CCOc1cccc(C)c1.[I-]. The number of amides is 2. The van der Waals surface area contributed by atoms with E-state index in [-0.39, 0.29) is 24.0 Å². The highest BCUT2D eigenvalue weighted by Crippen LogP contribution is 2.13. The number of likely N-dealkylation sites (N-methyl/N-ethyl adjacent to an activating group) is 1. The summed E-state index contributed by atoms with van der Waals surface area (Å²) in [6, 6.07) is 7.62. The smallest absolute Gasteiger partial charge is 0.312 e. The Balaban J connectivity index is 0.00000441. The summed E-state index contributed by atoms with van der Waals surface area (Å²) in [6.45, 7) is 11.5. The monoisotopic (exact) mass is 421 g/mol. The summed E-state index contributed by atoms with van der Waals surface area (Å²) in [4.78, 5) is 10.8. The second kappa shape index (κ2) is 10.7. The highest BCUT2D eigenvalue weighted by molar-refractivity contribution is 5.71. The molecular formula is C16H28IN3O2. The molecule has 0 saturated heterocycles. The van der Waals surface area contributed by atoms with Crippen LogP contribution in [0, 0.1) is 6.92 Å². The van der Waals surface area contributed by atoms with Gasteiger partial charge in [0.05, 0.1) is 26.2 Å². The molecule has 0 saturated carbocycles. The molecule has 2 amide bonds. The van der Waals surface area contributed by atoms with Crippen LogP contribution in [0.2, 0.25) is 0 Å². The summed E-state index contributed by atoms with van der Waals surface area (Å²) < 4.78 is 6.75. The topological polar surface area (TPSA) is 64.3 Å². The quantitative estimate of drug-likeness (QED) is 0.393. The zero-order chi connectivity index (χ0) is 15.7. The molecule has 1 aromatic rings. The predicted molar refractivity (Wildman–Crippen MR) is 85.3 cm³/mol. The van der Waals surface area contributed by atoms with Gasteiger partial charge in [-0.15, -0.1) is 0 Å². The van der Waals surface area contributed by atoms with E-state index in [0.717, 1.165) is 36.4 Å². The van der Waals surface area contributed by atoms with E-state index in [4.69, 9.17) is 10.5 Å². The highest BCUT2D eigenvalue weighted by Gasteiger charge is 2.22. The van der Waals surface area contributed by atoms with Gasteiger partial charge in [-0.3, -0.25) is 0 Å². The maximum Gasteiger partial charge on any atom is 0.312 e.